The zero-order chi connectivity index (χ0) is 17.1. The molecule has 0 saturated carbocycles. The van der Waals surface area contributed by atoms with Crippen molar-refractivity contribution in [1.29, 1.82) is 0 Å². The van der Waals surface area contributed by atoms with E-state index in [9.17, 15) is 9.59 Å². The summed E-state index contributed by atoms with van der Waals surface area (Å²) in [7, 11) is 3.14. The van der Waals surface area contributed by atoms with Crippen molar-refractivity contribution in [3.63, 3.8) is 0 Å². The van der Waals surface area contributed by atoms with E-state index < -0.39 is 18.1 Å². The average molecular weight is 332 g/mol. The molecule has 0 aromatic carbocycles. The summed E-state index contributed by atoms with van der Waals surface area (Å²) in [5.41, 5.74) is 1.63. The van der Waals surface area contributed by atoms with Crippen LogP contribution in [0.25, 0.3) is 0 Å². The lowest BCUT2D eigenvalue weighted by Crippen LogP contribution is -2.48. The molecule has 1 aliphatic rings. The van der Waals surface area contributed by atoms with Crippen molar-refractivity contribution < 1.29 is 18.7 Å². The number of carbonyl (C=O) groups excluding carboxylic acids is 2. The van der Waals surface area contributed by atoms with Gasteiger partial charge in [-0.15, -0.1) is 0 Å². The van der Waals surface area contributed by atoms with Crippen LogP contribution in [0.15, 0.2) is 35.4 Å². The molecule has 128 valence electrons. The Labute approximate surface area is 139 Å². The third-order valence-corrected chi connectivity index (χ3v) is 4.12. The topological polar surface area (TPSA) is 89.6 Å². The van der Waals surface area contributed by atoms with Crippen molar-refractivity contribution in [1.82, 2.24) is 15.1 Å². The van der Waals surface area contributed by atoms with Crippen LogP contribution >= 0.6 is 0 Å². The molecule has 0 spiro atoms. The minimum absolute atomic E-state index is 0.0657. The lowest BCUT2D eigenvalue weighted by Gasteiger charge is -2.20. The number of hydrogen-bond acceptors (Lipinski definition) is 6. The number of hydrogen-bond donors (Lipinski definition) is 1. The van der Waals surface area contributed by atoms with E-state index >= 15 is 0 Å². The highest BCUT2D eigenvalue weighted by molar-refractivity contribution is 5.99. The SMILES string of the molecule is COC(=O)C(Cc1ccoc1)NC1CCN(c2cnn(C)c2)C1=O. The van der Waals surface area contributed by atoms with E-state index in [1.807, 2.05) is 0 Å². The number of carbonyl (C=O) groups is 2. The highest BCUT2D eigenvalue weighted by Crippen LogP contribution is 2.21. The van der Waals surface area contributed by atoms with Crippen molar-refractivity contribution in [3.8, 4) is 0 Å². The lowest BCUT2D eigenvalue weighted by atomic mass is 10.1. The van der Waals surface area contributed by atoms with Crippen molar-refractivity contribution in [2.75, 3.05) is 18.6 Å². The number of aryl methyl sites for hydroxylation is 1. The first-order valence-electron chi connectivity index (χ1n) is 7.73. The second kappa shape index (κ2) is 6.88. The van der Waals surface area contributed by atoms with Gasteiger partial charge in [0.2, 0.25) is 5.91 Å². The molecule has 8 nitrogen and oxygen atoms in total. The molecule has 3 heterocycles. The standard InChI is InChI=1S/C16H20N4O4/c1-19-9-12(8-17-19)20-5-3-13(15(20)21)18-14(16(22)23-2)7-11-4-6-24-10-11/h4,6,8-10,13-14,18H,3,5,7H2,1-2H3. The van der Waals surface area contributed by atoms with Gasteiger partial charge < -0.3 is 14.1 Å². The van der Waals surface area contributed by atoms with Gasteiger partial charge in [-0.1, -0.05) is 0 Å². The van der Waals surface area contributed by atoms with Crippen molar-refractivity contribution >= 4 is 17.6 Å². The van der Waals surface area contributed by atoms with Gasteiger partial charge >= 0.3 is 5.97 Å². The summed E-state index contributed by atoms with van der Waals surface area (Å²) in [6.45, 7) is 0.585. The summed E-state index contributed by atoms with van der Waals surface area (Å²) >= 11 is 0. The Morgan fingerprint density at radius 2 is 2.42 bits per heavy atom. The van der Waals surface area contributed by atoms with Gasteiger partial charge in [0.15, 0.2) is 0 Å². The number of aromatic nitrogens is 2. The van der Waals surface area contributed by atoms with Crippen molar-refractivity contribution in [2.24, 2.45) is 7.05 Å². The highest BCUT2D eigenvalue weighted by atomic mass is 16.5. The maximum absolute atomic E-state index is 12.6. The molecule has 24 heavy (non-hydrogen) atoms. The molecule has 2 aromatic heterocycles. The predicted octanol–water partition coefficient (Wildman–Crippen LogP) is 0.492. The molecule has 1 aliphatic heterocycles. The summed E-state index contributed by atoms with van der Waals surface area (Å²) in [5.74, 6) is -0.465. The molecule has 1 fully saturated rings. The summed E-state index contributed by atoms with van der Waals surface area (Å²) < 4.78 is 11.5. The van der Waals surface area contributed by atoms with Crippen LogP contribution in [0, 0.1) is 0 Å². The van der Waals surface area contributed by atoms with E-state index in [1.165, 1.54) is 7.11 Å². The Hall–Kier alpha value is -2.61. The first kappa shape index (κ1) is 16.3. The monoisotopic (exact) mass is 332 g/mol. The number of nitrogens with one attached hydrogen (secondary N) is 1. The van der Waals surface area contributed by atoms with E-state index in [1.54, 1.807) is 47.6 Å². The van der Waals surface area contributed by atoms with E-state index in [2.05, 4.69) is 10.4 Å². The Bertz CT molecular complexity index is 709. The molecule has 0 radical (unpaired) electrons. The Morgan fingerprint density at radius 3 is 3.04 bits per heavy atom. The number of anilines is 1. The van der Waals surface area contributed by atoms with Gasteiger partial charge in [-0.25, -0.2) is 0 Å². The summed E-state index contributed by atoms with van der Waals surface area (Å²) in [5, 5.41) is 7.22. The fourth-order valence-electron chi connectivity index (χ4n) is 2.88. The number of methoxy groups -OCH3 is 1. The van der Waals surface area contributed by atoms with Crippen LogP contribution in [0.5, 0.6) is 0 Å². The fourth-order valence-corrected chi connectivity index (χ4v) is 2.88. The molecular formula is C16H20N4O4. The van der Waals surface area contributed by atoms with Gasteiger partial charge in [-0.05, 0) is 18.1 Å². The molecule has 0 aliphatic carbocycles. The Balaban J connectivity index is 1.68. The van der Waals surface area contributed by atoms with Crippen LogP contribution < -0.4 is 10.2 Å². The number of nitrogens with zero attached hydrogens (tertiary/aromatic N) is 3. The van der Waals surface area contributed by atoms with E-state index in [4.69, 9.17) is 9.15 Å². The van der Waals surface area contributed by atoms with E-state index in [0.29, 0.717) is 19.4 Å². The molecule has 1 saturated heterocycles. The molecule has 2 unspecified atom stereocenters. The second-order valence-corrected chi connectivity index (χ2v) is 5.78. The van der Waals surface area contributed by atoms with Crippen LogP contribution in [0.2, 0.25) is 0 Å². The fraction of sp³-hybridized carbons (Fsp3) is 0.438. The number of esters is 1. The maximum atomic E-state index is 12.6. The molecule has 1 N–H and O–H groups in total. The van der Waals surface area contributed by atoms with Crippen LogP contribution in [0.1, 0.15) is 12.0 Å². The molecule has 2 atom stereocenters. The molecule has 2 aromatic rings. The van der Waals surface area contributed by atoms with Crippen LogP contribution in [0.4, 0.5) is 5.69 Å². The zero-order valence-corrected chi connectivity index (χ0v) is 13.6. The van der Waals surface area contributed by atoms with Gasteiger partial charge in [0.25, 0.3) is 0 Å². The molecule has 8 heteroatoms. The van der Waals surface area contributed by atoms with Crippen LogP contribution in [-0.2, 0) is 27.8 Å². The number of ether oxygens (including phenoxy) is 1. The Kier molecular flexibility index (Phi) is 4.66. The van der Waals surface area contributed by atoms with Gasteiger partial charge in [-0.3, -0.25) is 19.6 Å². The quantitative estimate of drug-likeness (QED) is 0.775. The zero-order valence-electron chi connectivity index (χ0n) is 13.6. The van der Waals surface area contributed by atoms with Crippen LogP contribution in [-0.4, -0.2) is 47.4 Å². The van der Waals surface area contributed by atoms with E-state index in [0.717, 1.165) is 11.3 Å². The second-order valence-electron chi connectivity index (χ2n) is 5.78. The average Bonchev–Trinajstić information content (AvgIpc) is 3.29. The smallest absolute Gasteiger partial charge is 0.323 e. The third-order valence-electron chi connectivity index (χ3n) is 4.12. The normalized spacial score (nSPS) is 18.8. The van der Waals surface area contributed by atoms with Crippen LogP contribution in [0.3, 0.4) is 0 Å². The van der Waals surface area contributed by atoms with Gasteiger partial charge in [0.1, 0.15) is 6.04 Å². The predicted molar refractivity (Wildman–Crippen MR) is 85.3 cm³/mol. The van der Waals surface area contributed by atoms with Gasteiger partial charge in [0, 0.05) is 26.2 Å². The first-order valence-corrected chi connectivity index (χ1v) is 7.73. The molecule has 3 rings (SSSR count). The number of amides is 1. The molecule has 1 amide bonds. The summed E-state index contributed by atoms with van der Waals surface area (Å²) in [6.07, 6.45) is 7.60. The lowest BCUT2D eigenvalue weighted by molar-refractivity contribution is -0.143. The minimum atomic E-state index is -0.601. The minimum Gasteiger partial charge on any atom is -0.472 e. The summed E-state index contributed by atoms with van der Waals surface area (Å²) in [4.78, 5) is 26.3. The van der Waals surface area contributed by atoms with E-state index in [-0.39, 0.29) is 5.91 Å². The first-order chi connectivity index (χ1) is 11.6. The molecular weight excluding hydrogens is 312 g/mol. The number of rotatable bonds is 6. The highest BCUT2D eigenvalue weighted by Gasteiger charge is 2.36. The Morgan fingerprint density at radius 1 is 1.58 bits per heavy atom. The van der Waals surface area contributed by atoms with Crippen molar-refractivity contribution in [3.05, 3.63) is 36.5 Å². The largest absolute Gasteiger partial charge is 0.472 e. The van der Waals surface area contributed by atoms with Gasteiger partial charge in [-0.2, -0.15) is 5.10 Å². The summed E-state index contributed by atoms with van der Waals surface area (Å²) in [6, 6.07) is 0.757. The maximum Gasteiger partial charge on any atom is 0.323 e. The number of furan rings is 1. The van der Waals surface area contributed by atoms with Crippen molar-refractivity contribution in [2.45, 2.75) is 24.9 Å². The third kappa shape index (κ3) is 3.33. The molecule has 0 bridgehead atoms. The van der Waals surface area contributed by atoms with Gasteiger partial charge in [0.05, 0.1) is 37.6 Å².